The number of benzene rings is 1. The lowest BCUT2D eigenvalue weighted by molar-refractivity contribution is 0.460. The molecule has 0 spiro atoms. The summed E-state index contributed by atoms with van der Waals surface area (Å²) < 4.78 is 1.87. The predicted octanol–water partition coefficient (Wildman–Crippen LogP) is 5.09. The van der Waals surface area contributed by atoms with Gasteiger partial charge in [0.15, 0.2) is 5.16 Å². The molecule has 1 aromatic heterocycles. The summed E-state index contributed by atoms with van der Waals surface area (Å²) in [4.78, 5) is 18.6. The molecule has 1 heterocycles. The van der Waals surface area contributed by atoms with Gasteiger partial charge in [-0.15, -0.1) is 11.8 Å². The molecule has 0 saturated heterocycles. The van der Waals surface area contributed by atoms with E-state index in [0.29, 0.717) is 12.5 Å². The normalized spacial score (nSPS) is 11.3. The van der Waals surface area contributed by atoms with Crippen LogP contribution in [-0.4, -0.2) is 15.8 Å². The summed E-state index contributed by atoms with van der Waals surface area (Å²) in [5.74, 6) is 1.24. The summed E-state index contributed by atoms with van der Waals surface area (Å²) in [5.41, 5.74) is 4.88. The number of hydrogen-bond donors (Lipinski definition) is 0. The van der Waals surface area contributed by atoms with Crippen molar-refractivity contribution in [1.82, 2.24) is 9.55 Å². The highest BCUT2D eigenvalue weighted by molar-refractivity contribution is 7.98. The maximum Gasteiger partial charge on any atom is 0.268 e. The maximum atomic E-state index is 13.0. The van der Waals surface area contributed by atoms with Crippen LogP contribution < -0.4 is 5.56 Å². The first-order chi connectivity index (χ1) is 11.9. The molecule has 0 aliphatic carbocycles. The molecule has 0 saturated carbocycles. The largest absolute Gasteiger partial charge is 0.286 e. The third kappa shape index (κ3) is 4.91. The Morgan fingerprint density at radius 3 is 2.56 bits per heavy atom. The van der Waals surface area contributed by atoms with Gasteiger partial charge in [0, 0.05) is 12.3 Å². The highest BCUT2D eigenvalue weighted by atomic mass is 32.2. The molecular formula is C20H28N2OS2. The fraction of sp³-hybridized carbons (Fsp3) is 0.500. The van der Waals surface area contributed by atoms with E-state index in [2.05, 4.69) is 52.8 Å². The Labute approximate surface area is 159 Å². The number of aromatic nitrogens is 2. The van der Waals surface area contributed by atoms with Gasteiger partial charge >= 0.3 is 0 Å². The van der Waals surface area contributed by atoms with Crippen molar-refractivity contribution in [3.63, 3.8) is 0 Å². The molecule has 2 aromatic rings. The molecule has 0 fully saturated rings. The van der Waals surface area contributed by atoms with Gasteiger partial charge in [-0.1, -0.05) is 56.3 Å². The molecule has 3 nitrogen and oxygen atoms in total. The van der Waals surface area contributed by atoms with Crippen molar-refractivity contribution in [3.05, 3.63) is 50.9 Å². The molecule has 25 heavy (non-hydrogen) atoms. The van der Waals surface area contributed by atoms with Gasteiger partial charge in [0.1, 0.15) is 0 Å². The summed E-state index contributed by atoms with van der Waals surface area (Å²) in [5, 5.41) is 0.842. The Bertz CT molecular complexity index is 797. The average molecular weight is 377 g/mol. The molecule has 0 amide bonds. The lowest BCUT2D eigenvalue weighted by Gasteiger charge is -2.17. The van der Waals surface area contributed by atoms with Crippen molar-refractivity contribution in [2.45, 2.75) is 63.4 Å². The zero-order chi connectivity index (χ0) is 18.6. The fourth-order valence-electron chi connectivity index (χ4n) is 2.74. The van der Waals surface area contributed by atoms with E-state index in [1.54, 1.807) is 11.8 Å². The second-order valence-corrected chi connectivity index (χ2v) is 8.52. The van der Waals surface area contributed by atoms with Gasteiger partial charge in [0.05, 0.1) is 10.6 Å². The highest BCUT2D eigenvalue weighted by Gasteiger charge is 2.16. The monoisotopic (exact) mass is 376 g/mol. The molecule has 1 aromatic carbocycles. The average Bonchev–Trinajstić information content (AvgIpc) is 2.57. The van der Waals surface area contributed by atoms with E-state index in [9.17, 15) is 4.79 Å². The highest BCUT2D eigenvalue weighted by Crippen LogP contribution is 2.26. The van der Waals surface area contributed by atoms with Crippen molar-refractivity contribution >= 4 is 23.5 Å². The minimum Gasteiger partial charge on any atom is -0.286 e. The summed E-state index contributed by atoms with van der Waals surface area (Å²) in [6, 6.07) is 6.53. The van der Waals surface area contributed by atoms with Gasteiger partial charge in [-0.25, -0.2) is 4.98 Å². The molecule has 0 radical (unpaired) electrons. The molecule has 5 heteroatoms. The number of thioether (sulfide) groups is 2. The Morgan fingerprint density at radius 1 is 1.24 bits per heavy atom. The summed E-state index contributed by atoms with van der Waals surface area (Å²) in [6.07, 6.45) is 2.74. The third-order valence-electron chi connectivity index (χ3n) is 4.11. The van der Waals surface area contributed by atoms with E-state index in [1.807, 2.05) is 10.8 Å². The first-order valence-electron chi connectivity index (χ1n) is 8.74. The van der Waals surface area contributed by atoms with Crippen LogP contribution in [0.15, 0.2) is 33.0 Å². The standard InChI is InChI=1S/C20H28N2OS2/c1-7-17-18(24-6)19(23)22(11-13(2)3)20(21-17)25-12-16-10-14(4)8-9-15(16)5/h8-10,13H,7,11-12H2,1-6H3. The van der Waals surface area contributed by atoms with E-state index in [1.165, 1.54) is 28.5 Å². The molecule has 0 unspecified atom stereocenters. The van der Waals surface area contributed by atoms with Crippen molar-refractivity contribution in [2.24, 2.45) is 5.92 Å². The van der Waals surface area contributed by atoms with Crippen LogP contribution in [0.4, 0.5) is 0 Å². The minimum atomic E-state index is 0.108. The smallest absolute Gasteiger partial charge is 0.268 e. The van der Waals surface area contributed by atoms with Crippen LogP contribution in [0, 0.1) is 19.8 Å². The van der Waals surface area contributed by atoms with E-state index < -0.39 is 0 Å². The van der Waals surface area contributed by atoms with Crippen LogP contribution in [0.25, 0.3) is 0 Å². The number of hydrogen-bond acceptors (Lipinski definition) is 4. The second kappa shape index (κ2) is 8.95. The molecule has 2 rings (SSSR count). The Hall–Kier alpha value is -1.20. The van der Waals surface area contributed by atoms with Gasteiger partial charge in [0.2, 0.25) is 0 Å². The zero-order valence-electron chi connectivity index (χ0n) is 16.0. The lowest BCUT2D eigenvalue weighted by Crippen LogP contribution is -2.28. The van der Waals surface area contributed by atoms with Gasteiger partial charge < -0.3 is 0 Å². The molecule has 0 N–H and O–H groups in total. The summed E-state index contributed by atoms with van der Waals surface area (Å²) in [6.45, 7) is 11.3. The van der Waals surface area contributed by atoms with Crippen LogP contribution in [0.5, 0.6) is 0 Å². The van der Waals surface area contributed by atoms with Crippen molar-refractivity contribution in [2.75, 3.05) is 6.26 Å². The Kier molecular flexibility index (Phi) is 7.20. The molecule has 0 aliphatic heterocycles. The second-order valence-electron chi connectivity index (χ2n) is 6.76. The summed E-state index contributed by atoms with van der Waals surface area (Å²) in [7, 11) is 0. The molecule has 136 valence electrons. The Balaban J connectivity index is 2.42. The van der Waals surface area contributed by atoms with Gasteiger partial charge in [-0.3, -0.25) is 9.36 Å². The number of nitrogens with zero attached hydrogens (tertiary/aromatic N) is 2. The molecule has 0 bridgehead atoms. The molecular weight excluding hydrogens is 348 g/mol. The predicted molar refractivity (Wildman–Crippen MR) is 110 cm³/mol. The van der Waals surface area contributed by atoms with Gasteiger partial charge in [-0.05, 0) is 43.6 Å². The van der Waals surface area contributed by atoms with E-state index in [4.69, 9.17) is 4.98 Å². The van der Waals surface area contributed by atoms with Gasteiger partial charge in [0.25, 0.3) is 5.56 Å². The number of rotatable bonds is 7. The molecule has 0 atom stereocenters. The first kappa shape index (κ1) is 20.1. The van der Waals surface area contributed by atoms with E-state index in [0.717, 1.165) is 27.9 Å². The Morgan fingerprint density at radius 2 is 1.96 bits per heavy atom. The summed E-state index contributed by atoms with van der Waals surface area (Å²) >= 11 is 3.18. The van der Waals surface area contributed by atoms with Crippen molar-refractivity contribution in [3.8, 4) is 0 Å². The van der Waals surface area contributed by atoms with Crippen LogP contribution in [0.3, 0.4) is 0 Å². The van der Waals surface area contributed by atoms with Crippen LogP contribution >= 0.6 is 23.5 Å². The van der Waals surface area contributed by atoms with Crippen LogP contribution in [-0.2, 0) is 18.7 Å². The molecule has 0 aliphatic rings. The van der Waals surface area contributed by atoms with Crippen LogP contribution in [0.2, 0.25) is 0 Å². The zero-order valence-corrected chi connectivity index (χ0v) is 17.7. The topological polar surface area (TPSA) is 34.9 Å². The fourth-order valence-corrected chi connectivity index (χ4v) is 4.53. The van der Waals surface area contributed by atoms with E-state index >= 15 is 0 Å². The SMILES string of the molecule is CCc1nc(SCc2cc(C)ccc2C)n(CC(C)C)c(=O)c1SC. The first-order valence-corrected chi connectivity index (χ1v) is 10.9. The number of aryl methyl sites for hydroxylation is 3. The lowest BCUT2D eigenvalue weighted by atomic mass is 10.1. The minimum absolute atomic E-state index is 0.108. The van der Waals surface area contributed by atoms with Crippen molar-refractivity contribution < 1.29 is 0 Å². The van der Waals surface area contributed by atoms with Crippen LogP contribution in [0.1, 0.15) is 43.2 Å². The quantitative estimate of drug-likeness (QED) is 0.498. The third-order valence-corrected chi connectivity index (χ3v) is 5.95. The van der Waals surface area contributed by atoms with Crippen molar-refractivity contribution in [1.29, 1.82) is 0 Å². The van der Waals surface area contributed by atoms with E-state index in [-0.39, 0.29) is 5.56 Å². The van der Waals surface area contributed by atoms with Gasteiger partial charge in [-0.2, -0.15) is 0 Å². The maximum absolute atomic E-state index is 13.0.